The maximum Gasteiger partial charge on any atom is 0.0701 e. The molecule has 0 unspecified atom stereocenters. The van der Waals surface area contributed by atoms with Gasteiger partial charge in [0.25, 0.3) is 0 Å². The number of nitrogens with zero attached hydrogens (tertiary/aromatic N) is 2. The van der Waals surface area contributed by atoms with Crippen molar-refractivity contribution in [1.29, 1.82) is 0 Å². The standard InChI is InChI=1S/C13H29N3O2/c1-13(2)16-6-4-15(5-7-16)8-10-18-12-11-17-9-3-14/h13H,3-12,14H2,1-2H3. The first-order valence-corrected chi connectivity index (χ1v) is 7.06. The summed E-state index contributed by atoms with van der Waals surface area (Å²) < 4.78 is 10.8. The second kappa shape index (κ2) is 9.69. The summed E-state index contributed by atoms with van der Waals surface area (Å²) in [5.41, 5.74) is 5.32. The second-order valence-corrected chi connectivity index (χ2v) is 4.98. The van der Waals surface area contributed by atoms with Crippen LogP contribution in [0.4, 0.5) is 0 Å². The van der Waals surface area contributed by atoms with E-state index in [2.05, 4.69) is 23.6 Å². The van der Waals surface area contributed by atoms with E-state index in [9.17, 15) is 0 Å². The molecule has 108 valence electrons. The maximum absolute atomic E-state index is 5.54. The van der Waals surface area contributed by atoms with Crippen LogP contribution >= 0.6 is 0 Å². The van der Waals surface area contributed by atoms with Crippen LogP contribution in [-0.2, 0) is 9.47 Å². The van der Waals surface area contributed by atoms with Gasteiger partial charge in [0.1, 0.15) is 0 Å². The minimum Gasteiger partial charge on any atom is -0.378 e. The van der Waals surface area contributed by atoms with Gasteiger partial charge < -0.3 is 15.2 Å². The number of piperazine rings is 1. The van der Waals surface area contributed by atoms with Gasteiger partial charge in [-0.2, -0.15) is 0 Å². The lowest BCUT2D eigenvalue weighted by Crippen LogP contribution is -2.49. The van der Waals surface area contributed by atoms with E-state index < -0.39 is 0 Å². The highest BCUT2D eigenvalue weighted by molar-refractivity contribution is 4.73. The van der Waals surface area contributed by atoms with E-state index in [1.54, 1.807) is 0 Å². The van der Waals surface area contributed by atoms with Crippen molar-refractivity contribution < 1.29 is 9.47 Å². The van der Waals surface area contributed by atoms with Gasteiger partial charge in [0, 0.05) is 45.3 Å². The van der Waals surface area contributed by atoms with E-state index in [4.69, 9.17) is 15.2 Å². The Labute approximate surface area is 111 Å². The van der Waals surface area contributed by atoms with Gasteiger partial charge in [-0.3, -0.25) is 9.80 Å². The zero-order valence-corrected chi connectivity index (χ0v) is 11.9. The Morgan fingerprint density at radius 1 is 0.944 bits per heavy atom. The molecule has 5 nitrogen and oxygen atoms in total. The first kappa shape index (κ1) is 15.9. The molecule has 0 amide bonds. The number of ether oxygens (including phenoxy) is 2. The molecular weight excluding hydrogens is 230 g/mol. The normalized spacial score (nSPS) is 18.7. The second-order valence-electron chi connectivity index (χ2n) is 4.98. The fraction of sp³-hybridized carbons (Fsp3) is 1.00. The third kappa shape index (κ3) is 6.66. The molecule has 0 saturated carbocycles. The number of hydrogen-bond donors (Lipinski definition) is 1. The summed E-state index contributed by atoms with van der Waals surface area (Å²) in [6, 6.07) is 0.670. The third-order valence-electron chi connectivity index (χ3n) is 3.32. The van der Waals surface area contributed by atoms with E-state index in [0.29, 0.717) is 32.4 Å². The van der Waals surface area contributed by atoms with Crippen molar-refractivity contribution in [2.24, 2.45) is 5.73 Å². The molecule has 5 heteroatoms. The van der Waals surface area contributed by atoms with Crippen LogP contribution in [0.2, 0.25) is 0 Å². The van der Waals surface area contributed by atoms with Crippen LogP contribution in [0.3, 0.4) is 0 Å². The highest BCUT2D eigenvalue weighted by Gasteiger charge is 2.17. The van der Waals surface area contributed by atoms with Crippen molar-refractivity contribution in [3.8, 4) is 0 Å². The van der Waals surface area contributed by atoms with Crippen LogP contribution in [-0.4, -0.2) is 81.5 Å². The van der Waals surface area contributed by atoms with Crippen molar-refractivity contribution in [3.05, 3.63) is 0 Å². The molecule has 1 saturated heterocycles. The van der Waals surface area contributed by atoms with Gasteiger partial charge in [-0.05, 0) is 13.8 Å². The maximum atomic E-state index is 5.54. The Bertz CT molecular complexity index is 195. The summed E-state index contributed by atoms with van der Waals surface area (Å²) in [6.45, 7) is 13.6. The van der Waals surface area contributed by atoms with Crippen LogP contribution in [0, 0.1) is 0 Å². The van der Waals surface area contributed by atoms with Crippen LogP contribution in [0.5, 0.6) is 0 Å². The molecule has 1 heterocycles. The summed E-state index contributed by atoms with van der Waals surface area (Å²) in [4.78, 5) is 5.00. The summed E-state index contributed by atoms with van der Waals surface area (Å²) in [6.07, 6.45) is 0. The summed E-state index contributed by atoms with van der Waals surface area (Å²) in [5, 5.41) is 0. The van der Waals surface area contributed by atoms with E-state index in [-0.39, 0.29) is 0 Å². The Kier molecular flexibility index (Phi) is 8.54. The average Bonchev–Trinajstić information content (AvgIpc) is 2.38. The average molecular weight is 259 g/mol. The minimum atomic E-state index is 0.583. The zero-order chi connectivity index (χ0) is 13.2. The third-order valence-corrected chi connectivity index (χ3v) is 3.32. The molecule has 0 bridgehead atoms. The Balaban J connectivity index is 1.91. The van der Waals surface area contributed by atoms with Crippen molar-refractivity contribution in [2.45, 2.75) is 19.9 Å². The topological polar surface area (TPSA) is 51.0 Å². The van der Waals surface area contributed by atoms with Crippen molar-refractivity contribution in [3.63, 3.8) is 0 Å². The molecule has 0 spiro atoms. The molecule has 0 radical (unpaired) electrons. The molecule has 0 aromatic carbocycles. The fourth-order valence-electron chi connectivity index (χ4n) is 2.10. The van der Waals surface area contributed by atoms with Gasteiger partial charge in [0.15, 0.2) is 0 Å². The first-order chi connectivity index (χ1) is 8.74. The van der Waals surface area contributed by atoms with E-state index in [1.807, 2.05) is 0 Å². The number of rotatable bonds is 9. The molecule has 0 aromatic rings. The van der Waals surface area contributed by atoms with Gasteiger partial charge in [-0.15, -0.1) is 0 Å². The summed E-state index contributed by atoms with van der Waals surface area (Å²) in [5.74, 6) is 0. The smallest absolute Gasteiger partial charge is 0.0701 e. The predicted molar refractivity (Wildman–Crippen MR) is 73.8 cm³/mol. The van der Waals surface area contributed by atoms with Crippen LogP contribution in [0.25, 0.3) is 0 Å². The lowest BCUT2D eigenvalue weighted by Gasteiger charge is -2.36. The highest BCUT2D eigenvalue weighted by atomic mass is 16.5. The largest absolute Gasteiger partial charge is 0.378 e. The van der Waals surface area contributed by atoms with Gasteiger partial charge in [0.05, 0.1) is 26.4 Å². The van der Waals surface area contributed by atoms with Gasteiger partial charge in [0.2, 0.25) is 0 Å². The highest BCUT2D eigenvalue weighted by Crippen LogP contribution is 2.05. The molecular formula is C13H29N3O2. The fourth-order valence-corrected chi connectivity index (χ4v) is 2.10. The molecule has 18 heavy (non-hydrogen) atoms. The zero-order valence-electron chi connectivity index (χ0n) is 11.9. The molecule has 1 rings (SSSR count). The molecule has 2 N–H and O–H groups in total. The molecule has 1 fully saturated rings. The lowest BCUT2D eigenvalue weighted by molar-refractivity contribution is 0.0313. The van der Waals surface area contributed by atoms with Crippen LogP contribution in [0.15, 0.2) is 0 Å². The van der Waals surface area contributed by atoms with Crippen LogP contribution < -0.4 is 5.73 Å². The van der Waals surface area contributed by atoms with Crippen molar-refractivity contribution >= 4 is 0 Å². The Morgan fingerprint density at radius 2 is 1.56 bits per heavy atom. The number of hydrogen-bond acceptors (Lipinski definition) is 5. The quantitative estimate of drug-likeness (QED) is 0.591. The Morgan fingerprint density at radius 3 is 2.11 bits per heavy atom. The Hall–Kier alpha value is -0.200. The van der Waals surface area contributed by atoms with E-state index >= 15 is 0 Å². The lowest BCUT2D eigenvalue weighted by atomic mass is 10.2. The van der Waals surface area contributed by atoms with Gasteiger partial charge in [-0.1, -0.05) is 0 Å². The van der Waals surface area contributed by atoms with Crippen LogP contribution in [0.1, 0.15) is 13.8 Å². The first-order valence-electron chi connectivity index (χ1n) is 7.06. The monoisotopic (exact) mass is 259 g/mol. The van der Waals surface area contributed by atoms with Gasteiger partial charge >= 0.3 is 0 Å². The molecule has 0 aliphatic carbocycles. The molecule has 0 aromatic heterocycles. The minimum absolute atomic E-state index is 0.583. The van der Waals surface area contributed by atoms with Crippen molar-refractivity contribution in [2.75, 3.05) is 65.7 Å². The van der Waals surface area contributed by atoms with E-state index in [1.165, 1.54) is 13.1 Å². The molecule has 0 atom stereocenters. The summed E-state index contributed by atoms with van der Waals surface area (Å²) >= 11 is 0. The molecule has 1 aliphatic rings. The van der Waals surface area contributed by atoms with E-state index in [0.717, 1.165) is 26.2 Å². The van der Waals surface area contributed by atoms with Crippen molar-refractivity contribution in [1.82, 2.24) is 9.80 Å². The molecule has 1 aliphatic heterocycles. The predicted octanol–water partition coefficient (Wildman–Crippen LogP) is 0.00430. The van der Waals surface area contributed by atoms with Gasteiger partial charge in [-0.25, -0.2) is 0 Å². The number of nitrogens with two attached hydrogens (primary N) is 1. The summed E-state index contributed by atoms with van der Waals surface area (Å²) in [7, 11) is 0. The SMILES string of the molecule is CC(C)N1CCN(CCOCCOCCN)CC1.